The largest absolute Gasteiger partial charge is 0.494 e. The van der Waals surface area contributed by atoms with Crippen molar-refractivity contribution in [3.63, 3.8) is 0 Å². The average Bonchev–Trinajstić information content (AvgIpc) is 2.82. The van der Waals surface area contributed by atoms with Crippen LogP contribution in [0.15, 0.2) is 24.3 Å². The van der Waals surface area contributed by atoms with Gasteiger partial charge in [-0.25, -0.2) is 0 Å². The van der Waals surface area contributed by atoms with Crippen LogP contribution >= 0.6 is 0 Å². The van der Waals surface area contributed by atoms with Crippen molar-refractivity contribution in [2.75, 3.05) is 7.05 Å². The van der Waals surface area contributed by atoms with Gasteiger partial charge in [0.2, 0.25) is 0 Å². The van der Waals surface area contributed by atoms with Crippen molar-refractivity contribution < 1.29 is 14.1 Å². The summed E-state index contributed by atoms with van der Waals surface area (Å²) in [6.07, 6.45) is 6.38. The molecule has 3 aliphatic heterocycles. The lowest BCUT2D eigenvalue weighted by molar-refractivity contribution is -0.125. The third-order valence-electron chi connectivity index (χ3n) is 7.65. The van der Waals surface area contributed by atoms with Gasteiger partial charge in [-0.2, -0.15) is 0 Å². The SMILES string of the molecule is CN1C2CCCC1CC(C(=O)Cc1cccc(B3OC(C)(C)C(C)(C)O3)c1)C2. The van der Waals surface area contributed by atoms with Gasteiger partial charge in [0.25, 0.3) is 0 Å². The second kappa shape index (κ2) is 7.26. The fraction of sp³-hybridized carbons (Fsp3) is 0.696. The maximum absolute atomic E-state index is 13.1. The lowest BCUT2D eigenvalue weighted by Gasteiger charge is -2.46. The number of hydrogen-bond donors (Lipinski definition) is 0. The molecule has 3 aliphatic rings. The number of rotatable bonds is 4. The van der Waals surface area contributed by atoms with E-state index in [0.717, 1.165) is 23.9 Å². The summed E-state index contributed by atoms with van der Waals surface area (Å²) in [5.41, 5.74) is 1.37. The molecule has 2 unspecified atom stereocenters. The first kappa shape index (κ1) is 20.1. The number of carbonyl (C=O) groups is 1. The van der Waals surface area contributed by atoms with Gasteiger partial charge in [-0.05, 0) is 71.5 Å². The van der Waals surface area contributed by atoms with Gasteiger partial charge in [-0.3, -0.25) is 4.79 Å². The molecule has 1 aromatic rings. The van der Waals surface area contributed by atoms with Gasteiger partial charge in [0.1, 0.15) is 5.78 Å². The summed E-state index contributed by atoms with van der Waals surface area (Å²) in [7, 11) is 1.87. The monoisotopic (exact) mass is 383 g/mol. The number of fused-ring (bicyclic) bond motifs is 2. The zero-order chi connectivity index (χ0) is 20.1. The Morgan fingerprint density at radius 1 is 1.11 bits per heavy atom. The van der Waals surface area contributed by atoms with Gasteiger partial charge in [0, 0.05) is 24.4 Å². The van der Waals surface area contributed by atoms with E-state index in [2.05, 4.69) is 51.8 Å². The van der Waals surface area contributed by atoms with Gasteiger partial charge >= 0.3 is 7.12 Å². The van der Waals surface area contributed by atoms with Crippen molar-refractivity contribution in [1.82, 2.24) is 4.90 Å². The zero-order valence-electron chi connectivity index (χ0n) is 18.0. The summed E-state index contributed by atoms with van der Waals surface area (Å²) in [6, 6.07) is 9.40. The average molecular weight is 383 g/mol. The van der Waals surface area contributed by atoms with Crippen LogP contribution in [0.2, 0.25) is 0 Å². The predicted octanol–water partition coefficient (Wildman–Crippen LogP) is 3.36. The minimum Gasteiger partial charge on any atom is -0.399 e. The van der Waals surface area contributed by atoms with Crippen LogP contribution in [0.4, 0.5) is 0 Å². The van der Waals surface area contributed by atoms with Crippen LogP contribution in [0, 0.1) is 5.92 Å². The van der Waals surface area contributed by atoms with Crippen LogP contribution in [0.1, 0.15) is 65.4 Å². The fourth-order valence-electron chi connectivity index (χ4n) is 5.05. The molecule has 2 atom stereocenters. The highest BCUT2D eigenvalue weighted by molar-refractivity contribution is 6.62. The first-order valence-corrected chi connectivity index (χ1v) is 10.9. The molecule has 0 N–H and O–H groups in total. The van der Waals surface area contributed by atoms with E-state index in [9.17, 15) is 4.79 Å². The normalized spacial score (nSPS) is 31.8. The van der Waals surface area contributed by atoms with E-state index in [1.807, 2.05) is 12.1 Å². The Morgan fingerprint density at radius 3 is 2.32 bits per heavy atom. The molecule has 3 saturated heterocycles. The molecule has 0 radical (unpaired) electrons. The lowest BCUT2D eigenvalue weighted by Crippen LogP contribution is -2.51. The summed E-state index contributed by atoms with van der Waals surface area (Å²) in [4.78, 5) is 15.6. The highest BCUT2D eigenvalue weighted by atomic mass is 16.7. The summed E-state index contributed by atoms with van der Waals surface area (Å²) in [5, 5.41) is 0. The molecule has 0 amide bonds. The second-order valence-corrected chi connectivity index (χ2v) is 10.0. The Morgan fingerprint density at radius 2 is 1.71 bits per heavy atom. The minimum atomic E-state index is -0.372. The molecule has 0 aromatic heterocycles. The Bertz CT molecular complexity index is 717. The van der Waals surface area contributed by atoms with Crippen LogP contribution in [-0.2, 0) is 20.5 Å². The molecule has 5 heteroatoms. The maximum Gasteiger partial charge on any atom is 0.494 e. The molecule has 4 nitrogen and oxygen atoms in total. The van der Waals surface area contributed by atoms with E-state index in [1.54, 1.807) is 0 Å². The van der Waals surface area contributed by atoms with E-state index in [0.29, 0.717) is 24.3 Å². The number of piperidine rings is 2. The van der Waals surface area contributed by atoms with E-state index < -0.39 is 0 Å². The van der Waals surface area contributed by atoms with Crippen molar-refractivity contribution in [2.45, 2.75) is 89.5 Å². The molecule has 3 fully saturated rings. The molecule has 4 rings (SSSR count). The number of benzene rings is 1. The molecule has 28 heavy (non-hydrogen) atoms. The maximum atomic E-state index is 13.1. The molecule has 1 aromatic carbocycles. The number of Topliss-reactive ketones (excluding diaryl/α,β-unsaturated/α-hetero) is 1. The number of nitrogens with zero attached hydrogens (tertiary/aromatic N) is 1. The summed E-state index contributed by atoms with van der Waals surface area (Å²) >= 11 is 0. The fourth-order valence-corrected chi connectivity index (χ4v) is 5.05. The molecule has 0 aliphatic carbocycles. The quantitative estimate of drug-likeness (QED) is 0.748. The number of ketones is 1. The Hall–Kier alpha value is -1.17. The van der Waals surface area contributed by atoms with Crippen LogP contribution in [0.3, 0.4) is 0 Å². The minimum absolute atomic E-state index is 0.215. The van der Waals surface area contributed by atoms with Crippen molar-refractivity contribution in [2.24, 2.45) is 5.92 Å². The first-order valence-electron chi connectivity index (χ1n) is 10.9. The van der Waals surface area contributed by atoms with Crippen molar-refractivity contribution in [3.8, 4) is 0 Å². The Labute approximate surface area is 170 Å². The van der Waals surface area contributed by atoms with Crippen LogP contribution in [-0.4, -0.2) is 48.1 Å². The highest BCUT2D eigenvalue weighted by Crippen LogP contribution is 2.37. The van der Waals surface area contributed by atoms with Gasteiger partial charge in [-0.15, -0.1) is 0 Å². The molecular weight excluding hydrogens is 349 g/mol. The van der Waals surface area contributed by atoms with Crippen LogP contribution in [0.5, 0.6) is 0 Å². The van der Waals surface area contributed by atoms with Crippen LogP contribution in [0.25, 0.3) is 0 Å². The van der Waals surface area contributed by atoms with Gasteiger partial charge < -0.3 is 14.2 Å². The predicted molar refractivity (Wildman–Crippen MR) is 113 cm³/mol. The van der Waals surface area contributed by atoms with Gasteiger partial charge in [0.15, 0.2) is 0 Å². The third kappa shape index (κ3) is 3.69. The zero-order valence-corrected chi connectivity index (χ0v) is 18.0. The first-order chi connectivity index (χ1) is 13.2. The molecule has 152 valence electrons. The standard InChI is InChI=1S/C23H34BNO3/c1-22(2)23(3,4)28-24(27-22)18-9-6-8-16(12-18)13-21(26)17-14-19-10-7-11-20(15-17)25(19)5/h6,8-9,12,17,19-20H,7,10-11,13-15H2,1-5H3. The Kier molecular flexibility index (Phi) is 5.22. The smallest absolute Gasteiger partial charge is 0.399 e. The van der Waals surface area contributed by atoms with Crippen molar-refractivity contribution in [3.05, 3.63) is 29.8 Å². The molecular formula is C23H34BNO3. The van der Waals surface area contributed by atoms with E-state index in [1.165, 1.54) is 19.3 Å². The summed E-state index contributed by atoms with van der Waals surface area (Å²) < 4.78 is 12.4. The highest BCUT2D eigenvalue weighted by Gasteiger charge is 2.51. The van der Waals surface area contributed by atoms with Crippen molar-refractivity contribution >= 4 is 18.4 Å². The Balaban J connectivity index is 1.44. The van der Waals surface area contributed by atoms with Gasteiger partial charge in [0.05, 0.1) is 11.2 Å². The third-order valence-corrected chi connectivity index (χ3v) is 7.65. The van der Waals surface area contributed by atoms with E-state index in [-0.39, 0.29) is 24.2 Å². The lowest BCUT2D eigenvalue weighted by atomic mass is 9.75. The van der Waals surface area contributed by atoms with E-state index in [4.69, 9.17) is 9.31 Å². The van der Waals surface area contributed by atoms with Crippen LogP contribution < -0.4 is 5.46 Å². The topological polar surface area (TPSA) is 38.8 Å². The van der Waals surface area contributed by atoms with Gasteiger partial charge in [-0.1, -0.05) is 30.7 Å². The summed E-state index contributed by atoms with van der Waals surface area (Å²) in [5.74, 6) is 0.614. The number of hydrogen-bond acceptors (Lipinski definition) is 4. The molecule has 0 spiro atoms. The second-order valence-electron chi connectivity index (χ2n) is 10.0. The molecule has 0 saturated carbocycles. The summed E-state index contributed by atoms with van der Waals surface area (Å²) in [6.45, 7) is 8.27. The van der Waals surface area contributed by atoms with Crippen molar-refractivity contribution in [1.29, 1.82) is 0 Å². The molecule has 2 bridgehead atoms. The number of carbonyl (C=O) groups excluding carboxylic acids is 1. The van der Waals surface area contributed by atoms with E-state index >= 15 is 0 Å². The molecule has 3 heterocycles.